The molecule has 0 aliphatic rings. The number of thiophene rings is 1. The minimum Gasteiger partial charge on any atom is -0.459 e. The molecule has 0 aliphatic heterocycles. The number of ether oxygens (including phenoxy) is 1. The number of carbonyl (C=O) groups excluding carboxylic acids is 4. The molecule has 0 saturated carbocycles. The summed E-state index contributed by atoms with van der Waals surface area (Å²) < 4.78 is 9.95. The van der Waals surface area contributed by atoms with Crippen LogP contribution in [0.2, 0.25) is 0 Å². The van der Waals surface area contributed by atoms with E-state index in [4.69, 9.17) is 14.9 Å². The number of rotatable bonds is 7. The molecule has 3 aromatic rings. The fourth-order valence-corrected chi connectivity index (χ4v) is 3.08. The van der Waals surface area contributed by atoms with Gasteiger partial charge in [-0.05, 0) is 47.8 Å². The molecule has 10 heteroatoms. The Morgan fingerprint density at radius 2 is 1.79 bits per heavy atom. The zero-order valence-electron chi connectivity index (χ0n) is 14.8. The van der Waals surface area contributed by atoms with Crippen molar-refractivity contribution < 1.29 is 28.3 Å². The Morgan fingerprint density at radius 3 is 2.45 bits per heavy atom. The molecular formula is C19H15N3O6S. The number of nitrogens with two attached hydrogens (primary N) is 1. The fourth-order valence-electron chi connectivity index (χ4n) is 2.27. The predicted octanol–water partition coefficient (Wildman–Crippen LogP) is 2.49. The Balaban J connectivity index is 1.51. The summed E-state index contributed by atoms with van der Waals surface area (Å²) in [6.07, 6.45) is 1.39. The number of amides is 3. The van der Waals surface area contributed by atoms with Gasteiger partial charge in [0.1, 0.15) is 5.00 Å². The molecule has 9 nitrogen and oxygen atoms in total. The lowest BCUT2D eigenvalue weighted by Gasteiger charge is -2.07. The number of benzene rings is 1. The maximum Gasteiger partial charge on any atom is 0.338 e. The van der Waals surface area contributed by atoms with Crippen molar-refractivity contribution in [1.29, 1.82) is 0 Å². The van der Waals surface area contributed by atoms with E-state index in [-0.39, 0.29) is 21.9 Å². The zero-order valence-corrected chi connectivity index (χ0v) is 15.7. The van der Waals surface area contributed by atoms with E-state index in [1.54, 1.807) is 11.4 Å². The summed E-state index contributed by atoms with van der Waals surface area (Å²) in [4.78, 5) is 47.1. The van der Waals surface area contributed by atoms with E-state index in [9.17, 15) is 19.2 Å². The minimum atomic E-state index is -0.717. The molecule has 2 aromatic heterocycles. The van der Waals surface area contributed by atoms with Crippen LogP contribution in [0.15, 0.2) is 58.5 Å². The average molecular weight is 413 g/mol. The molecule has 29 heavy (non-hydrogen) atoms. The first-order valence-corrected chi connectivity index (χ1v) is 9.11. The molecule has 0 aliphatic carbocycles. The molecule has 3 rings (SSSR count). The Morgan fingerprint density at radius 1 is 1.03 bits per heavy atom. The maximum absolute atomic E-state index is 12.1. The van der Waals surface area contributed by atoms with E-state index in [0.29, 0.717) is 5.69 Å². The lowest BCUT2D eigenvalue weighted by atomic mass is 10.2. The van der Waals surface area contributed by atoms with Gasteiger partial charge in [0.15, 0.2) is 12.4 Å². The third-order valence-corrected chi connectivity index (χ3v) is 4.47. The van der Waals surface area contributed by atoms with Gasteiger partial charge in [0, 0.05) is 5.69 Å². The van der Waals surface area contributed by atoms with E-state index in [0.717, 1.165) is 11.3 Å². The highest BCUT2D eigenvalue weighted by Crippen LogP contribution is 2.22. The van der Waals surface area contributed by atoms with Gasteiger partial charge in [-0.25, -0.2) is 4.79 Å². The normalized spacial score (nSPS) is 10.2. The summed E-state index contributed by atoms with van der Waals surface area (Å²) in [7, 11) is 0. The van der Waals surface area contributed by atoms with Crippen molar-refractivity contribution >= 4 is 45.7 Å². The lowest BCUT2D eigenvalue weighted by Crippen LogP contribution is -2.22. The van der Waals surface area contributed by atoms with Crippen LogP contribution in [0.3, 0.4) is 0 Å². The Kier molecular flexibility index (Phi) is 6.05. The van der Waals surface area contributed by atoms with Gasteiger partial charge in [0.2, 0.25) is 0 Å². The van der Waals surface area contributed by atoms with Crippen LogP contribution < -0.4 is 16.4 Å². The highest BCUT2D eigenvalue weighted by molar-refractivity contribution is 7.14. The third kappa shape index (κ3) is 5.08. The van der Waals surface area contributed by atoms with E-state index in [1.165, 1.54) is 42.7 Å². The minimum absolute atomic E-state index is 0.157. The SMILES string of the molecule is NC(=O)c1ccsc1NC(=O)COC(=O)c1ccc(NC(=O)c2ccco2)cc1. The zero-order chi connectivity index (χ0) is 20.8. The first-order chi connectivity index (χ1) is 13.9. The summed E-state index contributed by atoms with van der Waals surface area (Å²) >= 11 is 1.13. The van der Waals surface area contributed by atoms with Crippen LogP contribution in [0, 0.1) is 0 Å². The van der Waals surface area contributed by atoms with Gasteiger partial charge in [-0.2, -0.15) is 0 Å². The number of nitrogens with one attached hydrogen (secondary N) is 2. The highest BCUT2D eigenvalue weighted by Gasteiger charge is 2.15. The van der Waals surface area contributed by atoms with Gasteiger partial charge >= 0.3 is 5.97 Å². The molecule has 4 N–H and O–H groups in total. The summed E-state index contributed by atoms with van der Waals surface area (Å²) in [6, 6.07) is 10.5. The molecule has 0 atom stereocenters. The van der Waals surface area contributed by atoms with Gasteiger partial charge in [0.25, 0.3) is 17.7 Å². The first kappa shape index (κ1) is 19.8. The third-order valence-electron chi connectivity index (χ3n) is 3.64. The van der Waals surface area contributed by atoms with Crippen molar-refractivity contribution in [3.8, 4) is 0 Å². The molecule has 0 fully saturated rings. The molecule has 148 valence electrons. The number of hydrogen-bond donors (Lipinski definition) is 3. The highest BCUT2D eigenvalue weighted by atomic mass is 32.1. The van der Waals surface area contributed by atoms with E-state index in [2.05, 4.69) is 10.6 Å². The molecule has 0 spiro atoms. The summed E-state index contributed by atoms with van der Waals surface area (Å²) in [6.45, 7) is -0.536. The van der Waals surface area contributed by atoms with Gasteiger partial charge < -0.3 is 25.5 Å². The van der Waals surface area contributed by atoms with Crippen molar-refractivity contribution in [3.05, 3.63) is 71.0 Å². The number of carbonyl (C=O) groups is 4. The second-order valence-corrected chi connectivity index (χ2v) is 6.58. The number of hydrogen-bond acceptors (Lipinski definition) is 7. The van der Waals surface area contributed by atoms with E-state index in [1.807, 2.05) is 0 Å². The smallest absolute Gasteiger partial charge is 0.338 e. The summed E-state index contributed by atoms with van der Waals surface area (Å²) in [5, 5.41) is 6.97. The van der Waals surface area contributed by atoms with Crippen molar-refractivity contribution in [2.45, 2.75) is 0 Å². The summed E-state index contributed by atoms with van der Waals surface area (Å²) in [5.74, 6) is -2.26. The van der Waals surface area contributed by atoms with Crippen LogP contribution in [0.1, 0.15) is 31.3 Å². The number of primary amides is 1. The second-order valence-electron chi connectivity index (χ2n) is 5.66. The Labute approximate surface area is 168 Å². The maximum atomic E-state index is 12.1. The van der Waals surface area contributed by atoms with Crippen LogP contribution >= 0.6 is 11.3 Å². The Hall–Kier alpha value is -3.92. The van der Waals surface area contributed by atoms with Gasteiger partial charge in [-0.3, -0.25) is 14.4 Å². The van der Waals surface area contributed by atoms with E-state index < -0.39 is 30.3 Å². The molecule has 2 heterocycles. The molecule has 0 radical (unpaired) electrons. The number of anilines is 2. The molecule has 3 amide bonds. The van der Waals surface area contributed by atoms with Crippen molar-refractivity contribution in [2.24, 2.45) is 5.73 Å². The number of furan rings is 1. The van der Waals surface area contributed by atoms with Crippen molar-refractivity contribution in [2.75, 3.05) is 17.2 Å². The van der Waals surface area contributed by atoms with Gasteiger partial charge in [-0.1, -0.05) is 0 Å². The summed E-state index contributed by atoms with van der Waals surface area (Å²) in [5.41, 5.74) is 6.04. The van der Waals surface area contributed by atoms with Crippen LogP contribution in [-0.4, -0.2) is 30.3 Å². The standard InChI is InChI=1S/C19H15N3O6S/c20-16(24)13-7-9-29-18(13)22-15(23)10-28-19(26)11-3-5-12(6-4-11)21-17(25)14-2-1-8-27-14/h1-9H,10H2,(H2,20,24)(H,21,25)(H,22,23). The van der Waals surface area contributed by atoms with Crippen LogP contribution in [0.5, 0.6) is 0 Å². The Bertz CT molecular complexity index is 1040. The predicted molar refractivity (Wildman–Crippen MR) is 105 cm³/mol. The molecule has 1 aromatic carbocycles. The monoisotopic (exact) mass is 413 g/mol. The largest absolute Gasteiger partial charge is 0.459 e. The number of esters is 1. The van der Waals surface area contributed by atoms with Gasteiger partial charge in [0.05, 0.1) is 17.4 Å². The van der Waals surface area contributed by atoms with Gasteiger partial charge in [-0.15, -0.1) is 11.3 Å². The fraction of sp³-hybridized carbons (Fsp3) is 0.0526. The van der Waals surface area contributed by atoms with Crippen LogP contribution in [-0.2, 0) is 9.53 Å². The molecular weight excluding hydrogens is 398 g/mol. The van der Waals surface area contributed by atoms with Crippen LogP contribution in [0.4, 0.5) is 10.7 Å². The molecule has 0 unspecified atom stereocenters. The second kappa shape index (κ2) is 8.85. The lowest BCUT2D eigenvalue weighted by molar-refractivity contribution is -0.119. The quantitative estimate of drug-likeness (QED) is 0.508. The first-order valence-electron chi connectivity index (χ1n) is 8.23. The van der Waals surface area contributed by atoms with E-state index >= 15 is 0 Å². The van der Waals surface area contributed by atoms with Crippen molar-refractivity contribution in [3.63, 3.8) is 0 Å². The average Bonchev–Trinajstić information content (AvgIpc) is 3.38. The van der Waals surface area contributed by atoms with Crippen LogP contribution in [0.25, 0.3) is 0 Å². The molecule has 0 saturated heterocycles. The van der Waals surface area contributed by atoms with Crippen molar-refractivity contribution in [1.82, 2.24) is 0 Å². The molecule has 0 bridgehead atoms. The topological polar surface area (TPSA) is 141 Å².